The van der Waals surface area contributed by atoms with Gasteiger partial charge >= 0.3 is 5.97 Å². The lowest BCUT2D eigenvalue weighted by atomic mass is 10.1. The third-order valence-corrected chi connectivity index (χ3v) is 2.56. The van der Waals surface area contributed by atoms with Gasteiger partial charge in [0.05, 0.1) is 13.2 Å². The van der Waals surface area contributed by atoms with E-state index >= 15 is 0 Å². The van der Waals surface area contributed by atoms with Crippen molar-refractivity contribution in [2.24, 2.45) is 0 Å². The molecule has 0 aliphatic carbocycles. The monoisotopic (exact) mass is 300 g/mol. The Hall–Kier alpha value is -2.59. The largest absolute Gasteiger partial charge is 0.507 e. The Labute approximate surface area is 130 Å². The van der Waals surface area contributed by atoms with E-state index in [9.17, 15) is 9.90 Å². The lowest BCUT2D eigenvalue weighted by molar-refractivity contribution is -0.132. The van der Waals surface area contributed by atoms with Gasteiger partial charge in [-0.1, -0.05) is 55.1 Å². The number of phenols is 1. The van der Waals surface area contributed by atoms with E-state index in [1.807, 2.05) is 48.5 Å². The zero-order chi connectivity index (χ0) is 16.4. The zero-order valence-electron chi connectivity index (χ0n) is 12.5. The molecule has 0 radical (unpaired) electrons. The molecule has 0 amide bonds. The molecule has 2 N–H and O–H groups in total. The lowest BCUT2D eigenvalue weighted by Gasteiger charge is -2.02. The van der Waals surface area contributed by atoms with Crippen LogP contribution in [-0.4, -0.2) is 29.4 Å². The summed E-state index contributed by atoms with van der Waals surface area (Å²) < 4.78 is 4.50. The number of carboxylic acids is 1. The molecule has 2 aromatic carbocycles. The average molecular weight is 300 g/mol. The molecule has 2 aromatic rings. The minimum atomic E-state index is -0.935. The van der Waals surface area contributed by atoms with Gasteiger partial charge in [-0.15, -0.1) is 0 Å². The van der Waals surface area contributed by atoms with E-state index in [2.05, 4.69) is 11.3 Å². The fraction of sp³-hybridized carbons (Fsp3) is 0.167. The molecule has 4 nitrogen and oxygen atoms in total. The van der Waals surface area contributed by atoms with Crippen LogP contribution in [0, 0.1) is 0 Å². The summed E-state index contributed by atoms with van der Waals surface area (Å²) in [4.78, 5) is 9.60. The molecule has 1 fully saturated rings. The van der Waals surface area contributed by atoms with E-state index < -0.39 is 5.97 Å². The number of aromatic hydroxyl groups is 1. The summed E-state index contributed by atoms with van der Waals surface area (Å²) in [5.74, 6) is -0.608. The molecule has 0 spiro atoms. The maximum absolute atomic E-state index is 9.60. The van der Waals surface area contributed by atoms with Gasteiger partial charge in [0.25, 0.3) is 0 Å². The zero-order valence-corrected chi connectivity index (χ0v) is 12.5. The van der Waals surface area contributed by atoms with Crippen molar-refractivity contribution in [3.05, 3.63) is 66.7 Å². The first-order chi connectivity index (χ1) is 10.5. The maximum atomic E-state index is 9.60. The van der Waals surface area contributed by atoms with E-state index in [0.717, 1.165) is 24.3 Å². The van der Waals surface area contributed by atoms with Gasteiger partial charge in [0.2, 0.25) is 0 Å². The number of carbonyl (C=O) groups is 1. The predicted molar refractivity (Wildman–Crippen MR) is 86.8 cm³/mol. The van der Waals surface area contributed by atoms with Crippen molar-refractivity contribution in [3.63, 3.8) is 0 Å². The molecule has 0 bridgehead atoms. The molecule has 0 atom stereocenters. The Bertz CT molecular complexity index is 589. The number of ether oxygens (including phenoxy) is 1. The lowest BCUT2D eigenvalue weighted by Crippen LogP contribution is -1.92. The fourth-order valence-electron chi connectivity index (χ4n) is 1.34. The minimum absolute atomic E-state index is 0.176. The van der Waals surface area contributed by atoms with Crippen LogP contribution in [0.3, 0.4) is 0 Å². The normalized spacial score (nSPS) is 11.1. The second-order valence-electron chi connectivity index (χ2n) is 4.58. The van der Waals surface area contributed by atoms with Crippen molar-refractivity contribution in [2.75, 3.05) is 13.2 Å². The maximum Gasteiger partial charge on any atom is 0.330 e. The Morgan fingerprint density at radius 2 is 1.50 bits per heavy atom. The highest BCUT2D eigenvalue weighted by Crippen LogP contribution is 2.27. The van der Waals surface area contributed by atoms with E-state index in [-0.39, 0.29) is 5.57 Å². The third kappa shape index (κ3) is 7.26. The third-order valence-electron chi connectivity index (χ3n) is 2.56. The van der Waals surface area contributed by atoms with Gasteiger partial charge in [0, 0.05) is 11.1 Å². The number of aliphatic carboxylic acids is 1. The smallest absolute Gasteiger partial charge is 0.330 e. The molecule has 1 aliphatic heterocycles. The fourth-order valence-corrected chi connectivity index (χ4v) is 1.34. The van der Waals surface area contributed by atoms with Gasteiger partial charge in [-0.25, -0.2) is 4.79 Å². The van der Waals surface area contributed by atoms with E-state index in [0.29, 0.717) is 5.75 Å². The molecule has 1 aliphatic rings. The number of hydrogen-bond donors (Lipinski definition) is 2. The highest BCUT2D eigenvalue weighted by atomic mass is 16.6. The number of carboxylic acid groups (broad SMARTS) is 1. The van der Waals surface area contributed by atoms with E-state index in [1.54, 1.807) is 6.07 Å². The summed E-state index contributed by atoms with van der Waals surface area (Å²) in [6, 6.07) is 17.2. The molecule has 0 aromatic heterocycles. The topological polar surface area (TPSA) is 70.1 Å². The van der Waals surface area contributed by atoms with Crippen molar-refractivity contribution < 1.29 is 19.7 Å². The summed E-state index contributed by atoms with van der Waals surface area (Å²) in [5, 5.41) is 17.5. The van der Waals surface area contributed by atoms with Crippen molar-refractivity contribution in [3.8, 4) is 16.9 Å². The first-order valence-electron chi connectivity index (χ1n) is 6.82. The van der Waals surface area contributed by atoms with Gasteiger partial charge < -0.3 is 14.9 Å². The van der Waals surface area contributed by atoms with Crippen molar-refractivity contribution in [2.45, 2.75) is 6.92 Å². The van der Waals surface area contributed by atoms with Crippen molar-refractivity contribution in [1.82, 2.24) is 0 Å². The highest BCUT2D eigenvalue weighted by Gasteiger charge is 2.00. The summed E-state index contributed by atoms with van der Waals surface area (Å²) in [7, 11) is 0. The minimum Gasteiger partial charge on any atom is -0.507 e. The predicted octanol–water partition coefficient (Wildman–Crippen LogP) is 3.72. The van der Waals surface area contributed by atoms with Crippen LogP contribution in [-0.2, 0) is 9.53 Å². The van der Waals surface area contributed by atoms with Gasteiger partial charge in [0.1, 0.15) is 5.75 Å². The summed E-state index contributed by atoms with van der Waals surface area (Å²) in [5.41, 5.74) is 2.10. The Morgan fingerprint density at radius 1 is 1.05 bits per heavy atom. The van der Waals surface area contributed by atoms with E-state index in [4.69, 9.17) is 5.11 Å². The first-order valence-corrected chi connectivity index (χ1v) is 6.82. The number of para-hydroxylation sites is 1. The first kappa shape index (κ1) is 17.5. The van der Waals surface area contributed by atoms with Crippen molar-refractivity contribution >= 4 is 5.97 Å². The Balaban J connectivity index is 0.000000223. The van der Waals surface area contributed by atoms with Crippen LogP contribution in [0.2, 0.25) is 0 Å². The molecular weight excluding hydrogens is 280 g/mol. The van der Waals surface area contributed by atoms with Gasteiger partial charge in [-0.2, -0.15) is 0 Å². The number of benzene rings is 2. The molecule has 22 heavy (non-hydrogen) atoms. The standard InChI is InChI=1S/C12H10O.C4H6O2.C2H4O/c13-12-9-5-4-8-11(12)10-6-2-1-3-7-10;1-3(2)4(5)6;1-2-3-1/h1-9,13H;1H2,2H3,(H,5,6);1-2H2. The highest BCUT2D eigenvalue weighted by molar-refractivity contribution is 5.84. The summed E-state index contributed by atoms with van der Waals surface area (Å²) in [6.07, 6.45) is 0. The van der Waals surface area contributed by atoms with E-state index in [1.165, 1.54) is 6.92 Å². The van der Waals surface area contributed by atoms with Crippen LogP contribution in [0.5, 0.6) is 5.75 Å². The van der Waals surface area contributed by atoms with Crippen LogP contribution in [0.15, 0.2) is 66.7 Å². The van der Waals surface area contributed by atoms with Gasteiger partial charge in [0.15, 0.2) is 0 Å². The summed E-state index contributed by atoms with van der Waals surface area (Å²) in [6.45, 7) is 6.60. The molecule has 1 saturated heterocycles. The van der Waals surface area contributed by atoms with Gasteiger partial charge in [-0.05, 0) is 18.6 Å². The molecule has 0 unspecified atom stereocenters. The van der Waals surface area contributed by atoms with Crippen LogP contribution in [0.1, 0.15) is 6.92 Å². The SMILES string of the molecule is C1CO1.C=C(C)C(=O)O.Oc1ccccc1-c1ccccc1. The van der Waals surface area contributed by atoms with Crippen LogP contribution >= 0.6 is 0 Å². The number of hydrogen-bond acceptors (Lipinski definition) is 3. The Kier molecular flexibility index (Phi) is 7.43. The number of epoxide rings is 1. The van der Waals surface area contributed by atoms with Crippen LogP contribution in [0.25, 0.3) is 11.1 Å². The molecule has 116 valence electrons. The van der Waals surface area contributed by atoms with Gasteiger partial charge in [-0.3, -0.25) is 0 Å². The van der Waals surface area contributed by atoms with Crippen LogP contribution in [0.4, 0.5) is 0 Å². The average Bonchev–Trinajstić information content (AvgIpc) is 3.38. The number of rotatable bonds is 2. The molecular formula is C18H20O4. The quantitative estimate of drug-likeness (QED) is 0.655. The molecule has 1 heterocycles. The number of phenolic OH excluding ortho intramolecular Hbond substituents is 1. The van der Waals surface area contributed by atoms with Crippen LogP contribution < -0.4 is 0 Å². The molecule has 3 rings (SSSR count). The Morgan fingerprint density at radius 3 is 1.91 bits per heavy atom. The molecule has 4 heteroatoms. The molecule has 0 saturated carbocycles. The summed E-state index contributed by atoms with van der Waals surface area (Å²) >= 11 is 0. The second kappa shape index (κ2) is 9.37. The van der Waals surface area contributed by atoms with Crippen molar-refractivity contribution in [1.29, 1.82) is 0 Å². The second-order valence-corrected chi connectivity index (χ2v) is 4.58.